The molecule has 0 spiro atoms. The van der Waals surface area contributed by atoms with E-state index in [1.165, 1.54) is 16.5 Å². The van der Waals surface area contributed by atoms with Crippen molar-refractivity contribution in [2.75, 3.05) is 0 Å². The smallest absolute Gasteiger partial charge is 0.497 e. The minimum absolute atomic E-state index is 0. The maximum absolute atomic E-state index is 6.31. The van der Waals surface area contributed by atoms with Gasteiger partial charge in [0.2, 0.25) is 0 Å². The third-order valence-electron chi connectivity index (χ3n) is 7.30. The normalized spacial score (nSPS) is 11.7. The molecule has 8 rings (SSSR count). The second-order valence-electron chi connectivity index (χ2n) is 9.41. The molecule has 0 atom stereocenters. The van der Waals surface area contributed by atoms with Gasteiger partial charge >= 0.3 is 21.1 Å². The summed E-state index contributed by atoms with van der Waals surface area (Å²) < 4.78 is 10.5. The van der Waals surface area contributed by atoms with Crippen LogP contribution in [0.3, 0.4) is 0 Å². The SMILES string of the molecule is Cc1cc2c3ccc(Oc4[c-]c5c(cc4)c4cnccc4n4ccnc54)[c-]c3c3nccn3c2cc1C.[Pt+2]. The number of imidazole rings is 2. The van der Waals surface area contributed by atoms with E-state index < -0.39 is 0 Å². The molecule has 0 aliphatic rings. The fourth-order valence-electron chi connectivity index (χ4n) is 5.37. The zero-order valence-electron chi connectivity index (χ0n) is 20.5. The molecular formula is C31H19N5OPt. The summed E-state index contributed by atoms with van der Waals surface area (Å²) in [6, 6.07) is 21.4. The van der Waals surface area contributed by atoms with Gasteiger partial charge in [-0.15, -0.1) is 12.1 Å². The number of hydrogen-bond donors (Lipinski definition) is 0. The van der Waals surface area contributed by atoms with Gasteiger partial charge in [0.15, 0.2) is 0 Å². The number of nitrogens with zero attached hydrogens (tertiary/aromatic N) is 5. The molecule has 184 valence electrons. The van der Waals surface area contributed by atoms with Gasteiger partial charge < -0.3 is 13.5 Å². The Morgan fingerprint density at radius 2 is 1.26 bits per heavy atom. The summed E-state index contributed by atoms with van der Waals surface area (Å²) in [5.74, 6) is 1.21. The van der Waals surface area contributed by atoms with E-state index in [0.717, 1.165) is 49.3 Å². The monoisotopic (exact) mass is 672 g/mol. The Morgan fingerprint density at radius 3 is 1.95 bits per heavy atom. The van der Waals surface area contributed by atoms with Crippen LogP contribution < -0.4 is 4.74 Å². The quantitative estimate of drug-likeness (QED) is 0.147. The largest absolute Gasteiger partial charge is 2.00 e. The van der Waals surface area contributed by atoms with Gasteiger partial charge in [0.25, 0.3) is 0 Å². The zero-order valence-corrected chi connectivity index (χ0v) is 22.7. The van der Waals surface area contributed by atoms with Crippen LogP contribution in [0.15, 0.2) is 79.6 Å². The summed E-state index contributed by atoms with van der Waals surface area (Å²) in [6.45, 7) is 4.28. The third-order valence-corrected chi connectivity index (χ3v) is 7.30. The van der Waals surface area contributed by atoms with Crippen LogP contribution in [-0.4, -0.2) is 23.8 Å². The average Bonchev–Trinajstić information content (AvgIpc) is 3.61. The van der Waals surface area contributed by atoms with Gasteiger partial charge in [0, 0.05) is 59.7 Å². The molecule has 0 bridgehead atoms. The van der Waals surface area contributed by atoms with Crippen molar-refractivity contribution < 1.29 is 25.8 Å². The molecule has 0 aliphatic heterocycles. The Labute approximate surface area is 231 Å². The summed E-state index contributed by atoms with van der Waals surface area (Å²) in [5.41, 5.74) is 6.40. The van der Waals surface area contributed by atoms with Crippen molar-refractivity contribution >= 4 is 54.6 Å². The maximum atomic E-state index is 6.31. The van der Waals surface area contributed by atoms with E-state index in [0.29, 0.717) is 11.5 Å². The first-order chi connectivity index (χ1) is 18.2. The van der Waals surface area contributed by atoms with E-state index >= 15 is 0 Å². The molecule has 0 amide bonds. The Bertz CT molecular complexity index is 2210. The molecule has 5 heterocycles. The molecule has 0 saturated heterocycles. The molecule has 0 saturated carbocycles. The predicted molar refractivity (Wildman–Crippen MR) is 145 cm³/mol. The topological polar surface area (TPSA) is 56.7 Å². The van der Waals surface area contributed by atoms with E-state index in [4.69, 9.17) is 4.74 Å². The maximum Gasteiger partial charge on any atom is 2.00 e. The molecule has 6 nitrogen and oxygen atoms in total. The second-order valence-corrected chi connectivity index (χ2v) is 9.41. The molecule has 3 aromatic carbocycles. The molecular weight excluding hydrogens is 653 g/mol. The molecule has 8 aromatic rings. The molecule has 0 aliphatic carbocycles. The molecule has 0 fully saturated rings. The number of rotatable bonds is 2. The Balaban J connectivity index is 0.00000242. The summed E-state index contributed by atoms with van der Waals surface area (Å²) in [6.07, 6.45) is 11.3. The van der Waals surface area contributed by atoms with Crippen molar-refractivity contribution in [3.8, 4) is 11.5 Å². The summed E-state index contributed by atoms with van der Waals surface area (Å²) in [7, 11) is 0. The molecule has 5 aromatic heterocycles. The van der Waals surface area contributed by atoms with Gasteiger partial charge in [-0.25, -0.2) is 0 Å². The zero-order chi connectivity index (χ0) is 24.7. The number of fused-ring (bicyclic) bond motifs is 12. The molecule has 0 unspecified atom stereocenters. The summed E-state index contributed by atoms with van der Waals surface area (Å²) >= 11 is 0. The van der Waals surface area contributed by atoms with Crippen molar-refractivity contribution in [1.29, 1.82) is 0 Å². The van der Waals surface area contributed by atoms with Crippen molar-refractivity contribution in [3.05, 3.63) is 103 Å². The van der Waals surface area contributed by atoms with Crippen LogP contribution in [-0.2, 0) is 21.1 Å². The van der Waals surface area contributed by atoms with Crippen LogP contribution in [0.2, 0.25) is 0 Å². The number of benzene rings is 3. The number of aromatic nitrogens is 5. The van der Waals surface area contributed by atoms with E-state index in [9.17, 15) is 0 Å². The van der Waals surface area contributed by atoms with E-state index in [1.54, 1.807) is 12.4 Å². The first-order valence-electron chi connectivity index (χ1n) is 12.1. The van der Waals surface area contributed by atoms with E-state index in [-0.39, 0.29) is 21.1 Å². The number of hydrogen-bond acceptors (Lipinski definition) is 4. The number of aryl methyl sites for hydroxylation is 2. The van der Waals surface area contributed by atoms with Crippen LogP contribution in [0.1, 0.15) is 11.1 Å². The van der Waals surface area contributed by atoms with Crippen LogP contribution >= 0.6 is 0 Å². The van der Waals surface area contributed by atoms with E-state index in [2.05, 4.69) is 67.9 Å². The first kappa shape index (κ1) is 22.9. The van der Waals surface area contributed by atoms with Crippen LogP contribution in [0.25, 0.3) is 54.6 Å². The summed E-state index contributed by atoms with van der Waals surface area (Å²) in [5, 5.41) is 6.16. The van der Waals surface area contributed by atoms with Crippen LogP contribution in [0, 0.1) is 26.0 Å². The first-order valence-corrected chi connectivity index (χ1v) is 12.1. The van der Waals surface area contributed by atoms with Gasteiger partial charge in [-0.1, -0.05) is 51.9 Å². The van der Waals surface area contributed by atoms with Gasteiger partial charge in [-0.3, -0.25) is 15.0 Å². The van der Waals surface area contributed by atoms with Crippen LogP contribution in [0.4, 0.5) is 0 Å². The van der Waals surface area contributed by atoms with Crippen molar-refractivity contribution in [2.24, 2.45) is 0 Å². The van der Waals surface area contributed by atoms with Crippen LogP contribution in [0.5, 0.6) is 11.5 Å². The molecule has 7 heteroatoms. The second kappa shape index (κ2) is 8.37. The minimum atomic E-state index is 0. The van der Waals surface area contributed by atoms with Crippen molar-refractivity contribution in [1.82, 2.24) is 23.8 Å². The molecule has 38 heavy (non-hydrogen) atoms. The fraction of sp³-hybridized carbons (Fsp3) is 0.0645. The molecule has 0 N–H and O–H groups in total. The number of ether oxygens (including phenoxy) is 1. The molecule has 0 radical (unpaired) electrons. The van der Waals surface area contributed by atoms with E-state index in [1.807, 2.05) is 49.1 Å². The van der Waals surface area contributed by atoms with Gasteiger partial charge in [0.1, 0.15) is 0 Å². The third kappa shape index (κ3) is 3.20. The fourth-order valence-corrected chi connectivity index (χ4v) is 5.37. The van der Waals surface area contributed by atoms with Gasteiger partial charge in [-0.05, 0) is 47.9 Å². The van der Waals surface area contributed by atoms with Crippen molar-refractivity contribution in [3.63, 3.8) is 0 Å². The minimum Gasteiger partial charge on any atom is -0.497 e. The average molecular weight is 673 g/mol. The predicted octanol–water partition coefficient (Wildman–Crippen LogP) is 7.00. The van der Waals surface area contributed by atoms with Gasteiger partial charge in [-0.2, -0.15) is 0 Å². The van der Waals surface area contributed by atoms with Crippen molar-refractivity contribution in [2.45, 2.75) is 13.8 Å². The Morgan fingerprint density at radius 1 is 0.658 bits per heavy atom. The Hall–Kier alpha value is -4.28. The van der Waals surface area contributed by atoms with Gasteiger partial charge in [0.05, 0.1) is 11.3 Å². The Kier molecular flexibility index (Phi) is 5.04. The number of pyridine rings is 3. The summed E-state index contributed by atoms with van der Waals surface area (Å²) in [4.78, 5) is 13.6. The standard InChI is InChI=1S/C31H19N5O.Pt/c1-18-13-24-22-5-3-20(15-25(22)31-34-10-12-36(31)29(24)14-19(18)2)37-21-4-6-23-26(16-21)30-33-9-11-35(30)28-7-8-32-17-27(23)28;/h3-14,17H,1-2H3;/q-2;+2.